The summed E-state index contributed by atoms with van der Waals surface area (Å²) in [5.41, 5.74) is 0.00326. The molecule has 1 saturated heterocycles. The smallest absolute Gasteiger partial charge is 0.222 e. The van der Waals surface area contributed by atoms with E-state index >= 15 is 0 Å². The molecule has 0 bridgehead atoms. The van der Waals surface area contributed by atoms with E-state index in [1.807, 2.05) is 0 Å². The van der Waals surface area contributed by atoms with E-state index in [1.165, 1.54) is 0 Å². The van der Waals surface area contributed by atoms with E-state index in [-0.39, 0.29) is 29.8 Å². The van der Waals surface area contributed by atoms with E-state index in [0.717, 1.165) is 23.2 Å². The van der Waals surface area contributed by atoms with Gasteiger partial charge in [-0.05, 0) is 0 Å². The quantitative estimate of drug-likeness (QED) is 0.866. The lowest BCUT2D eigenvalue weighted by atomic mass is 9.98. The topological polar surface area (TPSA) is 76.1 Å². The summed E-state index contributed by atoms with van der Waals surface area (Å²) >= 11 is 1.55. The Morgan fingerprint density at radius 2 is 2.24 bits per heavy atom. The molecule has 1 aromatic heterocycles. The van der Waals surface area contributed by atoms with E-state index < -0.39 is 0 Å². The number of hydrogen-bond acceptors (Lipinski definition) is 6. The molecule has 1 aliphatic rings. The average Bonchev–Trinajstić information content (AvgIpc) is 2.86. The normalized spacial score (nSPS) is 18.9. The maximum absolute atomic E-state index is 11.8. The number of carbonyl (C=O) groups is 1. The number of rotatable bonds is 4. The number of hydrogen-bond donors (Lipinski definition) is 2. The minimum Gasteiger partial charge on any atom is -0.378 e. The lowest BCUT2D eigenvalue weighted by Gasteiger charge is -2.23. The molecule has 0 aliphatic carbocycles. The molecule has 8 heteroatoms. The van der Waals surface area contributed by atoms with Gasteiger partial charge in [0.2, 0.25) is 5.91 Å². The predicted molar refractivity (Wildman–Crippen MR) is 84.9 cm³/mol. The lowest BCUT2D eigenvalue weighted by Crippen LogP contribution is -2.44. The van der Waals surface area contributed by atoms with Gasteiger partial charge in [-0.15, -0.1) is 22.6 Å². The Morgan fingerprint density at radius 1 is 1.48 bits per heavy atom. The fourth-order valence-corrected chi connectivity index (χ4v) is 2.69. The Labute approximate surface area is 135 Å². The fourth-order valence-electron chi connectivity index (χ4n) is 1.85. The van der Waals surface area contributed by atoms with Crippen molar-refractivity contribution >= 4 is 29.7 Å². The van der Waals surface area contributed by atoms with Crippen molar-refractivity contribution in [2.45, 2.75) is 45.2 Å². The average molecular weight is 335 g/mol. The number of halogens is 1. The summed E-state index contributed by atoms with van der Waals surface area (Å²) in [5.74, 6) is 0.0144. The zero-order chi connectivity index (χ0) is 14.6. The van der Waals surface area contributed by atoms with Gasteiger partial charge in [0.1, 0.15) is 10.0 Å². The van der Waals surface area contributed by atoms with Crippen molar-refractivity contribution in [1.82, 2.24) is 20.8 Å². The second kappa shape index (κ2) is 8.03. The number of amides is 1. The highest BCUT2D eigenvalue weighted by atomic mass is 35.5. The van der Waals surface area contributed by atoms with Crippen LogP contribution in [0.5, 0.6) is 0 Å². The lowest BCUT2D eigenvalue weighted by molar-refractivity contribution is -0.122. The van der Waals surface area contributed by atoms with Gasteiger partial charge in [-0.3, -0.25) is 4.79 Å². The molecule has 6 nitrogen and oxygen atoms in total. The van der Waals surface area contributed by atoms with E-state index in [4.69, 9.17) is 4.74 Å². The first-order valence-electron chi connectivity index (χ1n) is 6.86. The number of carbonyl (C=O) groups excluding carboxylic acids is 1. The number of morpholine rings is 1. The van der Waals surface area contributed by atoms with Crippen LogP contribution in [0.4, 0.5) is 0 Å². The van der Waals surface area contributed by atoms with Crippen molar-refractivity contribution in [3.8, 4) is 0 Å². The van der Waals surface area contributed by atoms with Crippen LogP contribution >= 0.6 is 23.7 Å². The molecule has 1 fully saturated rings. The molecule has 0 aromatic carbocycles. The van der Waals surface area contributed by atoms with Crippen molar-refractivity contribution < 1.29 is 9.53 Å². The molecule has 1 aromatic rings. The molecule has 2 heterocycles. The van der Waals surface area contributed by atoms with Crippen molar-refractivity contribution in [3.63, 3.8) is 0 Å². The largest absolute Gasteiger partial charge is 0.378 e. The molecular weight excluding hydrogens is 312 g/mol. The Kier molecular flexibility index (Phi) is 6.99. The summed E-state index contributed by atoms with van der Waals surface area (Å²) in [6.07, 6.45) is 0.435. The standard InChI is InChI=1S/C13H22N4O2S.ClH/c1-13(2,3)12-17-16-11(20-12)7-15-10(18)6-9-8-19-5-4-14-9;/h9,14H,4-8H2,1-3H3,(H,15,18);1H. The molecule has 120 valence electrons. The van der Waals surface area contributed by atoms with Gasteiger partial charge in [0.05, 0.1) is 19.8 Å². The summed E-state index contributed by atoms with van der Waals surface area (Å²) in [7, 11) is 0. The van der Waals surface area contributed by atoms with Gasteiger partial charge in [0.15, 0.2) is 0 Å². The second-order valence-corrected chi connectivity index (χ2v) is 7.02. The van der Waals surface area contributed by atoms with E-state index in [1.54, 1.807) is 11.3 Å². The van der Waals surface area contributed by atoms with E-state index in [0.29, 0.717) is 19.6 Å². The van der Waals surface area contributed by atoms with Gasteiger partial charge in [-0.25, -0.2) is 0 Å². The zero-order valence-corrected chi connectivity index (χ0v) is 14.3. The van der Waals surface area contributed by atoms with Crippen LogP contribution in [0.2, 0.25) is 0 Å². The van der Waals surface area contributed by atoms with E-state index in [2.05, 4.69) is 41.6 Å². The first-order valence-corrected chi connectivity index (χ1v) is 7.67. The molecule has 0 radical (unpaired) electrons. The third kappa shape index (κ3) is 5.86. The summed E-state index contributed by atoms with van der Waals surface area (Å²) in [4.78, 5) is 11.8. The van der Waals surface area contributed by atoms with Crippen LogP contribution in [-0.4, -0.2) is 41.9 Å². The number of nitrogens with one attached hydrogen (secondary N) is 2. The summed E-state index contributed by atoms with van der Waals surface area (Å²) in [5, 5.41) is 16.3. The van der Waals surface area contributed by atoms with Crippen LogP contribution in [0.25, 0.3) is 0 Å². The van der Waals surface area contributed by atoms with Crippen molar-refractivity contribution in [1.29, 1.82) is 0 Å². The Balaban J connectivity index is 0.00000220. The monoisotopic (exact) mass is 334 g/mol. The molecule has 1 unspecified atom stereocenters. The summed E-state index contributed by atoms with van der Waals surface area (Å²) in [6.45, 7) is 8.88. The van der Waals surface area contributed by atoms with Crippen molar-refractivity contribution in [3.05, 3.63) is 10.0 Å². The first-order chi connectivity index (χ1) is 9.45. The zero-order valence-electron chi connectivity index (χ0n) is 12.6. The third-order valence-electron chi connectivity index (χ3n) is 2.98. The third-order valence-corrected chi connectivity index (χ3v) is 4.32. The Morgan fingerprint density at radius 3 is 2.81 bits per heavy atom. The van der Waals surface area contributed by atoms with Crippen molar-refractivity contribution in [2.24, 2.45) is 0 Å². The first kappa shape index (κ1) is 18.3. The molecule has 0 spiro atoms. The number of ether oxygens (including phenoxy) is 1. The van der Waals surface area contributed by atoms with Gasteiger partial charge in [-0.1, -0.05) is 32.1 Å². The highest BCUT2D eigenvalue weighted by molar-refractivity contribution is 7.11. The highest BCUT2D eigenvalue weighted by Gasteiger charge is 2.20. The van der Waals surface area contributed by atoms with Gasteiger partial charge < -0.3 is 15.4 Å². The van der Waals surface area contributed by atoms with Gasteiger partial charge in [0, 0.05) is 24.4 Å². The molecule has 1 aliphatic heterocycles. The van der Waals surface area contributed by atoms with Crippen LogP contribution in [-0.2, 0) is 21.5 Å². The Hall–Kier alpha value is -0.760. The van der Waals surface area contributed by atoms with Gasteiger partial charge >= 0.3 is 0 Å². The van der Waals surface area contributed by atoms with Crippen LogP contribution in [0.15, 0.2) is 0 Å². The second-order valence-electron chi connectivity index (χ2n) is 5.96. The maximum Gasteiger partial charge on any atom is 0.222 e. The number of aromatic nitrogens is 2. The van der Waals surface area contributed by atoms with Gasteiger partial charge in [-0.2, -0.15) is 0 Å². The molecule has 1 atom stereocenters. The van der Waals surface area contributed by atoms with Crippen LogP contribution < -0.4 is 10.6 Å². The summed E-state index contributed by atoms with van der Waals surface area (Å²) in [6, 6.07) is 0.114. The molecule has 1 amide bonds. The SMILES string of the molecule is CC(C)(C)c1nnc(CNC(=O)CC2COCCN2)s1.Cl. The Bertz CT molecular complexity index is 455. The molecular formula is C13H23ClN4O2S. The molecule has 21 heavy (non-hydrogen) atoms. The van der Waals surface area contributed by atoms with Crippen molar-refractivity contribution in [2.75, 3.05) is 19.8 Å². The van der Waals surface area contributed by atoms with Crippen LogP contribution in [0.3, 0.4) is 0 Å². The molecule has 2 N–H and O–H groups in total. The fraction of sp³-hybridized carbons (Fsp3) is 0.769. The number of nitrogens with zero attached hydrogens (tertiary/aromatic N) is 2. The minimum absolute atomic E-state index is 0. The maximum atomic E-state index is 11.8. The predicted octanol–water partition coefficient (Wildman–Crippen LogP) is 1.25. The summed E-state index contributed by atoms with van der Waals surface area (Å²) < 4.78 is 5.32. The van der Waals surface area contributed by atoms with Gasteiger partial charge in [0.25, 0.3) is 0 Å². The van der Waals surface area contributed by atoms with Crippen LogP contribution in [0, 0.1) is 0 Å². The highest BCUT2D eigenvalue weighted by Crippen LogP contribution is 2.25. The molecule has 2 rings (SSSR count). The van der Waals surface area contributed by atoms with Crippen LogP contribution in [0.1, 0.15) is 37.2 Å². The molecule has 0 saturated carbocycles. The van der Waals surface area contributed by atoms with E-state index in [9.17, 15) is 4.79 Å². The minimum atomic E-state index is 0.